The van der Waals surface area contributed by atoms with E-state index in [1.807, 2.05) is 0 Å². The van der Waals surface area contributed by atoms with Crippen LogP contribution in [0.15, 0.2) is 22.7 Å². The van der Waals surface area contributed by atoms with Gasteiger partial charge in [-0.3, -0.25) is 0 Å². The average Bonchev–Trinajstić information content (AvgIpc) is 2.58. The highest BCUT2D eigenvalue weighted by molar-refractivity contribution is 6.58. The van der Waals surface area contributed by atoms with E-state index in [4.69, 9.17) is 10.0 Å². The molecule has 1 aromatic carbocycles. The predicted octanol–water partition coefficient (Wildman–Crippen LogP) is 0.526. The summed E-state index contributed by atoms with van der Waals surface area (Å²) in [6.45, 7) is 0. The number of fused-ring (bicyclic) bond motifs is 1. The van der Waals surface area contributed by atoms with Gasteiger partial charge in [0.2, 0.25) is 0 Å². The Labute approximate surface area is 87.4 Å². The Bertz CT molecular complexity index is 523. The molecule has 2 rings (SSSR count). The van der Waals surface area contributed by atoms with Crippen molar-refractivity contribution in [2.24, 2.45) is 0 Å². The van der Waals surface area contributed by atoms with Gasteiger partial charge in [0, 0.05) is 0 Å². The Kier molecular flexibility index (Phi) is 2.40. The van der Waals surface area contributed by atoms with Crippen LogP contribution in [0.25, 0.3) is 11.0 Å². The lowest BCUT2D eigenvalue weighted by Crippen LogP contribution is -2.29. The molecular formula is C8H5BF3NO3. The lowest BCUT2D eigenvalue weighted by atomic mass is 9.80. The first-order valence-electron chi connectivity index (χ1n) is 4.22. The molecule has 0 aliphatic rings. The number of aromatic nitrogens is 1. The minimum absolute atomic E-state index is 0.0392. The summed E-state index contributed by atoms with van der Waals surface area (Å²) < 4.78 is 41.6. The van der Waals surface area contributed by atoms with Crippen LogP contribution in [-0.2, 0) is 6.18 Å². The van der Waals surface area contributed by atoms with Gasteiger partial charge in [-0.05, 0) is 17.6 Å². The quantitative estimate of drug-likeness (QED) is 0.702. The highest BCUT2D eigenvalue weighted by atomic mass is 19.4. The minimum Gasteiger partial charge on any atom is -0.423 e. The van der Waals surface area contributed by atoms with E-state index in [0.29, 0.717) is 0 Å². The van der Waals surface area contributed by atoms with Crippen LogP contribution in [0.1, 0.15) is 5.69 Å². The number of rotatable bonds is 1. The van der Waals surface area contributed by atoms with E-state index in [1.54, 1.807) is 0 Å². The molecule has 84 valence electrons. The molecule has 0 aliphatic carbocycles. The van der Waals surface area contributed by atoms with Crippen LogP contribution in [0.2, 0.25) is 0 Å². The van der Waals surface area contributed by atoms with E-state index in [2.05, 4.69) is 9.68 Å². The first-order chi connectivity index (χ1) is 7.39. The van der Waals surface area contributed by atoms with E-state index >= 15 is 0 Å². The van der Waals surface area contributed by atoms with Crippen molar-refractivity contribution in [1.82, 2.24) is 5.16 Å². The summed E-state index contributed by atoms with van der Waals surface area (Å²) in [7, 11) is -1.76. The zero-order valence-electron chi connectivity index (χ0n) is 7.69. The number of alkyl halides is 3. The topological polar surface area (TPSA) is 66.5 Å². The van der Waals surface area contributed by atoms with Gasteiger partial charge in [0.05, 0.1) is 5.39 Å². The molecule has 0 unspecified atom stereocenters. The van der Waals surface area contributed by atoms with Gasteiger partial charge < -0.3 is 14.6 Å². The van der Waals surface area contributed by atoms with Crippen LogP contribution in [0.3, 0.4) is 0 Å². The smallest absolute Gasteiger partial charge is 0.423 e. The van der Waals surface area contributed by atoms with E-state index in [1.165, 1.54) is 6.07 Å². The lowest BCUT2D eigenvalue weighted by Gasteiger charge is -2.01. The average molecular weight is 231 g/mol. The Morgan fingerprint density at radius 3 is 2.50 bits per heavy atom. The number of halogens is 3. The van der Waals surface area contributed by atoms with E-state index < -0.39 is 19.0 Å². The molecule has 2 N–H and O–H groups in total. The van der Waals surface area contributed by atoms with E-state index in [9.17, 15) is 13.2 Å². The molecule has 16 heavy (non-hydrogen) atoms. The Balaban J connectivity index is 2.59. The number of hydrogen-bond donors (Lipinski definition) is 2. The van der Waals surface area contributed by atoms with Gasteiger partial charge in [-0.25, -0.2) is 0 Å². The van der Waals surface area contributed by atoms with Gasteiger partial charge in [-0.2, -0.15) is 13.2 Å². The standard InChI is InChI=1S/C8H5BF3NO3/c10-8(11,12)7-5-2-1-4(9(14)15)3-6(5)16-13-7/h1-3,14-15H. The maximum Gasteiger partial charge on any atom is 0.488 e. The number of nitrogens with zero attached hydrogens (tertiary/aromatic N) is 1. The zero-order chi connectivity index (χ0) is 11.9. The molecule has 1 aromatic heterocycles. The highest BCUT2D eigenvalue weighted by Crippen LogP contribution is 2.33. The Morgan fingerprint density at radius 2 is 1.94 bits per heavy atom. The van der Waals surface area contributed by atoms with Crippen LogP contribution in [0, 0.1) is 0 Å². The third-order valence-electron chi connectivity index (χ3n) is 2.06. The van der Waals surface area contributed by atoms with Crippen molar-refractivity contribution in [3.63, 3.8) is 0 Å². The molecule has 0 saturated carbocycles. The van der Waals surface area contributed by atoms with Crippen LogP contribution < -0.4 is 5.46 Å². The first-order valence-corrected chi connectivity index (χ1v) is 4.22. The summed E-state index contributed by atoms with van der Waals surface area (Å²) in [6.07, 6.45) is -4.59. The molecule has 0 bridgehead atoms. The largest absolute Gasteiger partial charge is 0.488 e. The molecule has 0 aliphatic heterocycles. The maximum absolute atomic E-state index is 12.4. The van der Waals surface area contributed by atoms with Gasteiger partial charge in [-0.1, -0.05) is 11.2 Å². The van der Waals surface area contributed by atoms with E-state index in [0.717, 1.165) is 12.1 Å². The molecule has 2 aromatic rings. The Hall–Kier alpha value is -1.54. The molecule has 8 heteroatoms. The van der Waals surface area contributed by atoms with Crippen LogP contribution in [-0.4, -0.2) is 22.3 Å². The van der Waals surface area contributed by atoms with Crippen molar-refractivity contribution in [2.45, 2.75) is 6.18 Å². The third kappa shape index (κ3) is 1.77. The van der Waals surface area contributed by atoms with Gasteiger partial charge >= 0.3 is 13.3 Å². The number of hydrogen-bond acceptors (Lipinski definition) is 4. The van der Waals surface area contributed by atoms with Crippen molar-refractivity contribution in [1.29, 1.82) is 0 Å². The summed E-state index contributed by atoms with van der Waals surface area (Å²) in [5.41, 5.74) is -1.23. The fourth-order valence-electron chi connectivity index (χ4n) is 1.32. The fraction of sp³-hybridized carbons (Fsp3) is 0.125. The molecule has 1 heterocycles. The maximum atomic E-state index is 12.4. The van der Waals surface area contributed by atoms with Crippen LogP contribution in [0.5, 0.6) is 0 Å². The monoisotopic (exact) mass is 231 g/mol. The second-order valence-electron chi connectivity index (χ2n) is 3.16. The van der Waals surface area contributed by atoms with Crippen molar-refractivity contribution < 1.29 is 27.7 Å². The molecule has 0 amide bonds. The van der Waals surface area contributed by atoms with Gasteiger partial charge in [-0.15, -0.1) is 0 Å². The van der Waals surface area contributed by atoms with Crippen LogP contribution >= 0.6 is 0 Å². The third-order valence-corrected chi connectivity index (χ3v) is 2.06. The van der Waals surface area contributed by atoms with Crippen molar-refractivity contribution in [2.75, 3.05) is 0 Å². The van der Waals surface area contributed by atoms with Crippen molar-refractivity contribution in [3.8, 4) is 0 Å². The second kappa shape index (κ2) is 3.50. The molecular weight excluding hydrogens is 226 g/mol. The lowest BCUT2D eigenvalue weighted by molar-refractivity contribution is -0.141. The van der Waals surface area contributed by atoms with Crippen molar-refractivity contribution >= 4 is 23.6 Å². The summed E-state index contributed by atoms with van der Waals surface area (Å²) in [5, 5.41) is 20.3. The summed E-state index contributed by atoms with van der Waals surface area (Å²) >= 11 is 0. The zero-order valence-corrected chi connectivity index (χ0v) is 7.69. The first kappa shape index (κ1) is 11.0. The fourth-order valence-corrected chi connectivity index (χ4v) is 1.32. The van der Waals surface area contributed by atoms with Gasteiger partial charge in [0.15, 0.2) is 11.3 Å². The normalized spacial score (nSPS) is 12.1. The molecule has 0 spiro atoms. The Morgan fingerprint density at radius 1 is 1.25 bits per heavy atom. The summed E-state index contributed by atoms with van der Waals surface area (Å²) in [5.74, 6) is 0. The SMILES string of the molecule is OB(O)c1ccc2c(C(F)(F)F)noc2c1. The minimum atomic E-state index is -4.59. The molecule has 0 fully saturated rings. The van der Waals surface area contributed by atoms with E-state index in [-0.39, 0.29) is 16.4 Å². The predicted molar refractivity (Wildman–Crippen MR) is 48.8 cm³/mol. The van der Waals surface area contributed by atoms with Crippen molar-refractivity contribution in [3.05, 3.63) is 23.9 Å². The molecule has 0 atom stereocenters. The van der Waals surface area contributed by atoms with Crippen LogP contribution in [0.4, 0.5) is 13.2 Å². The molecule has 4 nitrogen and oxygen atoms in total. The molecule has 0 saturated heterocycles. The summed E-state index contributed by atoms with van der Waals surface area (Å²) in [6, 6.07) is 3.35. The molecule has 0 radical (unpaired) electrons. The van der Waals surface area contributed by atoms with Gasteiger partial charge in [0.25, 0.3) is 0 Å². The summed E-state index contributed by atoms with van der Waals surface area (Å²) in [4.78, 5) is 0. The second-order valence-corrected chi connectivity index (χ2v) is 3.16. The highest BCUT2D eigenvalue weighted by Gasteiger charge is 2.37. The number of benzene rings is 1. The van der Waals surface area contributed by atoms with Gasteiger partial charge in [0.1, 0.15) is 0 Å².